The van der Waals surface area contributed by atoms with Crippen LogP contribution in [-0.4, -0.2) is 36.4 Å². The molecule has 0 aromatic carbocycles. The summed E-state index contributed by atoms with van der Waals surface area (Å²) >= 11 is 0.980. The Hall–Kier alpha value is -0.920. The summed E-state index contributed by atoms with van der Waals surface area (Å²) in [5.41, 5.74) is -0.517. The molecule has 0 saturated heterocycles. The highest BCUT2D eigenvalue weighted by Gasteiger charge is 2.34. The standard InChI is InChI=1S/C12H19NO4S2/c1-6-12(3,4)13(5)19(16,17)10-7-9(11(14)15)18-8(10)2/h7H,6H2,1-5H3,(H,14,15). The first kappa shape index (κ1) is 16.1. The second-order valence-electron chi connectivity index (χ2n) is 4.97. The molecule has 7 heteroatoms. The maximum atomic E-state index is 12.5. The van der Waals surface area contributed by atoms with E-state index in [-0.39, 0.29) is 9.77 Å². The van der Waals surface area contributed by atoms with Gasteiger partial charge in [-0.1, -0.05) is 6.92 Å². The van der Waals surface area contributed by atoms with Crippen LogP contribution in [0.25, 0.3) is 0 Å². The maximum Gasteiger partial charge on any atom is 0.345 e. The minimum absolute atomic E-state index is 0.0405. The second-order valence-corrected chi connectivity index (χ2v) is 8.17. The van der Waals surface area contributed by atoms with Crippen LogP contribution in [0.4, 0.5) is 0 Å². The van der Waals surface area contributed by atoms with Gasteiger partial charge in [0.25, 0.3) is 0 Å². The van der Waals surface area contributed by atoms with Gasteiger partial charge in [0.1, 0.15) is 4.88 Å². The predicted molar refractivity (Wildman–Crippen MR) is 75.3 cm³/mol. The van der Waals surface area contributed by atoms with E-state index in [0.717, 1.165) is 11.3 Å². The van der Waals surface area contributed by atoms with Crippen LogP contribution in [0.1, 0.15) is 41.7 Å². The van der Waals surface area contributed by atoms with Crippen molar-refractivity contribution in [1.82, 2.24) is 4.31 Å². The summed E-state index contributed by atoms with van der Waals surface area (Å²) < 4.78 is 26.4. The van der Waals surface area contributed by atoms with Crippen LogP contribution in [-0.2, 0) is 10.0 Å². The van der Waals surface area contributed by atoms with Gasteiger partial charge >= 0.3 is 5.97 Å². The maximum absolute atomic E-state index is 12.5. The molecule has 0 aliphatic rings. The van der Waals surface area contributed by atoms with E-state index in [4.69, 9.17) is 5.11 Å². The molecule has 0 bridgehead atoms. The highest BCUT2D eigenvalue weighted by Crippen LogP contribution is 2.31. The fourth-order valence-electron chi connectivity index (χ4n) is 1.52. The first-order valence-electron chi connectivity index (χ1n) is 5.86. The third-order valence-electron chi connectivity index (χ3n) is 3.44. The van der Waals surface area contributed by atoms with Gasteiger partial charge in [0.15, 0.2) is 0 Å². The van der Waals surface area contributed by atoms with Crippen LogP contribution in [0.15, 0.2) is 11.0 Å². The minimum Gasteiger partial charge on any atom is -0.477 e. The van der Waals surface area contributed by atoms with Gasteiger partial charge in [0, 0.05) is 17.5 Å². The van der Waals surface area contributed by atoms with Crippen LogP contribution in [0.5, 0.6) is 0 Å². The average Bonchev–Trinajstić information content (AvgIpc) is 2.71. The number of carboxylic acids is 1. The van der Waals surface area contributed by atoms with Crippen molar-refractivity contribution < 1.29 is 18.3 Å². The normalized spacial score (nSPS) is 12.9. The SMILES string of the molecule is CCC(C)(C)N(C)S(=O)(=O)c1cc(C(=O)O)sc1C. The molecule has 0 atom stereocenters. The molecule has 1 aromatic heterocycles. The molecular formula is C12H19NO4S2. The van der Waals surface area contributed by atoms with Crippen molar-refractivity contribution in [2.45, 2.75) is 44.6 Å². The van der Waals surface area contributed by atoms with Gasteiger partial charge in [-0.05, 0) is 33.3 Å². The quantitative estimate of drug-likeness (QED) is 0.907. The zero-order chi connectivity index (χ0) is 15.0. The lowest BCUT2D eigenvalue weighted by Gasteiger charge is -2.33. The van der Waals surface area contributed by atoms with Crippen molar-refractivity contribution in [2.24, 2.45) is 0 Å². The number of aromatic carboxylic acids is 1. The zero-order valence-corrected chi connectivity index (χ0v) is 13.4. The number of rotatable bonds is 5. The van der Waals surface area contributed by atoms with Crippen LogP contribution < -0.4 is 0 Å². The molecule has 1 heterocycles. The van der Waals surface area contributed by atoms with E-state index in [0.29, 0.717) is 11.3 Å². The Kier molecular flexibility index (Phi) is 4.44. The molecule has 108 valence electrons. The Morgan fingerprint density at radius 3 is 2.37 bits per heavy atom. The lowest BCUT2D eigenvalue weighted by molar-refractivity contribution is 0.0702. The lowest BCUT2D eigenvalue weighted by atomic mass is 10.0. The first-order chi connectivity index (χ1) is 8.54. The molecule has 0 amide bonds. The van der Waals surface area contributed by atoms with E-state index in [1.807, 2.05) is 20.8 Å². The lowest BCUT2D eigenvalue weighted by Crippen LogP contribution is -2.44. The molecular weight excluding hydrogens is 286 g/mol. The molecule has 0 aliphatic carbocycles. The van der Waals surface area contributed by atoms with Crippen LogP contribution in [0.3, 0.4) is 0 Å². The van der Waals surface area contributed by atoms with Crippen molar-refractivity contribution in [3.05, 3.63) is 15.8 Å². The molecule has 19 heavy (non-hydrogen) atoms. The summed E-state index contributed by atoms with van der Waals surface area (Å²) in [4.78, 5) is 11.5. The number of carbonyl (C=O) groups is 1. The largest absolute Gasteiger partial charge is 0.477 e. The smallest absolute Gasteiger partial charge is 0.345 e. The van der Waals surface area contributed by atoms with E-state index in [1.54, 1.807) is 6.92 Å². The van der Waals surface area contributed by atoms with E-state index >= 15 is 0 Å². The van der Waals surface area contributed by atoms with Crippen LogP contribution in [0, 0.1) is 6.92 Å². The van der Waals surface area contributed by atoms with Crippen molar-refractivity contribution in [2.75, 3.05) is 7.05 Å². The number of nitrogens with zero attached hydrogens (tertiary/aromatic N) is 1. The van der Waals surface area contributed by atoms with E-state index < -0.39 is 21.5 Å². The fourth-order valence-corrected chi connectivity index (χ4v) is 4.50. The van der Waals surface area contributed by atoms with Gasteiger partial charge in [0.05, 0.1) is 4.90 Å². The van der Waals surface area contributed by atoms with Gasteiger partial charge in [-0.15, -0.1) is 11.3 Å². The number of carboxylic acid groups (broad SMARTS) is 1. The summed E-state index contributed by atoms with van der Waals surface area (Å²) in [6.07, 6.45) is 0.664. The van der Waals surface area contributed by atoms with Gasteiger partial charge in [-0.3, -0.25) is 0 Å². The number of aryl methyl sites for hydroxylation is 1. The summed E-state index contributed by atoms with van der Waals surface area (Å²) in [6, 6.07) is 1.24. The molecule has 0 unspecified atom stereocenters. The first-order valence-corrected chi connectivity index (χ1v) is 8.12. The third-order valence-corrected chi connectivity index (χ3v) is 6.80. The molecule has 0 aliphatic heterocycles. The summed E-state index contributed by atoms with van der Waals surface area (Å²) in [6.45, 7) is 7.21. The van der Waals surface area contributed by atoms with Crippen molar-refractivity contribution in [3.8, 4) is 0 Å². The minimum atomic E-state index is -3.67. The van der Waals surface area contributed by atoms with Crippen molar-refractivity contribution >= 4 is 27.3 Å². The molecule has 0 radical (unpaired) electrons. The molecule has 1 rings (SSSR count). The van der Waals surface area contributed by atoms with Gasteiger partial charge in [-0.25, -0.2) is 13.2 Å². The number of sulfonamides is 1. The molecule has 1 N–H and O–H groups in total. The van der Waals surface area contributed by atoms with Gasteiger partial charge < -0.3 is 5.11 Å². The Bertz CT molecular complexity index is 587. The van der Waals surface area contributed by atoms with E-state index in [1.165, 1.54) is 17.4 Å². The molecule has 0 saturated carbocycles. The fraction of sp³-hybridized carbons (Fsp3) is 0.583. The van der Waals surface area contributed by atoms with Crippen LogP contribution in [0.2, 0.25) is 0 Å². The summed E-state index contributed by atoms with van der Waals surface area (Å²) in [5, 5.41) is 8.93. The van der Waals surface area contributed by atoms with Gasteiger partial charge in [0.2, 0.25) is 10.0 Å². The monoisotopic (exact) mass is 305 g/mol. The number of thiophene rings is 1. The average molecular weight is 305 g/mol. The molecule has 0 fully saturated rings. The predicted octanol–water partition coefficient (Wildman–Crippen LogP) is 2.56. The highest BCUT2D eigenvalue weighted by molar-refractivity contribution is 7.89. The highest BCUT2D eigenvalue weighted by atomic mass is 32.2. The van der Waals surface area contributed by atoms with E-state index in [2.05, 4.69) is 0 Å². The Morgan fingerprint density at radius 1 is 1.47 bits per heavy atom. The van der Waals surface area contributed by atoms with Crippen molar-refractivity contribution in [3.63, 3.8) is 0 Å². The topological polar surface area (TPSA) is 74.7 Å². The molecule has 0 spiro atoms. The molecule has 1 aromatic rings. The van der Waals surface area contributed by atoms with E-state index in [9.17, 15) is 13.2 Å². The second kappa shape index (κ2) is 5.22. The summed E-state index contributed by atoms with van der Waals surface area (Å²) in [7, 11) is -2.15. The van der Waals surface area contributed by atoms with Crippen molar-refractivity contribution in [1.29, 1.82) is 0 Å². The number of hydrogen-bond donors (Lipinski definition) is 1. The third kappa shape index (κ3) is 2.98. The zero-order valence-electron chi connectivity index (χ0n) is 11.7. The van der Waals surface area contributed by atoms with Crippen LogP contribution >= 0.6 is 11.3 Å². The number of hydrogen-bond acceptors (Lipinski definition) is 4. The summed E-state index contributed by atoms with van der Waals surface area (Å²) in [5.74, 6) is -1.10. The Labute approximate surface area is 117 Å². The molecule has 5 nitrogen and oxygen atoms in total. The van der Waals surface area contributed by atoms with Gasteiger partial charge in [-0.2, -0.15) is 4.31 Å². The Morgan fingerprint density at radius 2 is 2.00 bits per heavy atom. The Balaban J connectivity index is 3.32.